The van der Waals surface area contributed by atoms with Gasteiger partial charge in [0.05, 0.1) is 0 Å². The highest BCUT2D eigenvalue weighted by molar-refractivity contribution is 4.95. The Labute approximate surface area is 119 Å². The van der Waals surface area contributed by atoms with Gasteiger partial charge in [0, 0.05) is 18.6 Å². The molecule has 2 saturated carbocycles. The van der Waals surface area contributed by atoms with Crippen LogP contribution >= 0.6 is 0 Å². The van der Waals surface area contributed by atoms with E-state index in [0.717, 1.165) is 24.3 Å². The van der Waals surface area contributed by atoms with Crippen molar-refractivity contribution in [3.63, 3.8) is 0 Å². The second-order valence-corrected chi connectivity index (χ2v) is 7.74. The standard InChI is InChI=1S/C17H32N2/c1-17(13-18,11-14-5-4-6-14)19-10-9-15-7-2-3-8-16(15)12-19/h14-16H,2-13,18H2,1H3. The van der Waals surface area contributed by atoms with Crippen LogP contribution < -0.4 is 5.73 Å². The van der Waals surface area contributed by atoms with E-state index in [4.69, 9.17) is 5.73 Å². The summed E-state index contributed by atoms with van der Waals surface area (Å²) in [5.41, 5.74) is 6.48. The van der Waals surface area contributed by atoms with Crippen LogP contribution in [0, 0.1) is 17.8 Å². The first-order valence-corrected chi connectivity index (χ1v) is 8.66. The van der Waals surface area contributed by atoms with E-state index in [9.17, 15) is 0 Å². The van der Waals surface area contributed by atoms with E-state index in [1.807, 2.05) is 0 Å². The molecule has 1 heterocycles. The van der Waals surface area contributed by atoms with Crippen LogP contribution in [0.5, 0.6) is 0 Å². The third-order valence-corrected chi connectivity index (χ3v) is 6.45. The normalized spacial score (nSPS) is 36.3. The Morgan fingerprint density at radius 1 is 1.00 bits per heavy atom. The molecular weight excluding hydrogens is 232 g/mol. The lowest BCUT2D eigenvalue weighted by Gasteiger charge is -2.50. The van der Waals surface area contributed by atoms with Gasteiger partial charge in [0.25, 0.3) is 0 Å². The van der Waals surface area contributed by atoms with E-state index in [-0.39, 0.29) is 5.54 Å². The number of hydrogen-bond donors (Lipinski definition) is 1. The smallest absolute Gasteiger partial charge is 0.0306 e. The zero-order valence-electron chi connectivity index (χ0n) is 12.7. The molecule has 3 fully saturated rings. The first-order chi connectivity index (χ1) is 9.21. The minimum atomic E-state index is 0.285. The molecule has 2 N–H and O–H groups in total. The lowest BCUT2D eigenvalue weighted by atomic mass is 9.72. The van der Waals surface area contributed by atoms with Crippen LogP contribution in [0.1, 0.15) is 64.7 Å². The first-order valence-electron chi connectivity index (χ1n) is 8.66. The van der Waals surface area contributed by atoms with Crippen LogP contribution in [-0.2, 0) is 0 Å². The van der Waals surface area contributed by atoms with Crippen molar-refractivity contribution in [2.75, 3.05) is 19.6 Å². The molecule has 3 unspecified atom stereocenters. The molecule has 110 valence electrons. The molecule has 1 aliphatic heterocycles. The zero-order chi connectivity index (χ0) is 13.3. The molecule has 3 aliphatic rings. The number of hydrogen-bond acceptors (Lipinski definition) is 2. The monoisotopic (exact) mass is 264 g/mol. The summed E-state index contributed by atoms with van der Waals surface area (Å²) >= 11 is 0. The van der Waals surface area contributed by atoms with E-state index in [1.165, 1.54) is 70.9 Å². The zero-order valence-corrected chi connectivity index (χ0v) is 12.7. The molecule has 2 heteroatoms. The number of likely N-dealkylation sites (tertiary alicyclic amines) is 1. The third kappa shape index (κ3) is 2.85. The van der Waals surface area contributed by atoms with E-state index < -0.39 is 0 Å². The molecule has 0 aromatic heterocycles. The maximum Gasteiger partial charge on any atom is 0.0306 e. The minimum absolute atomic E-state index is 0.285. The van der Waals surface area contributed by atoms with E-state index >= 15 is 0 Å². The Morgan fingerprint density at radius 2 is 1.74 bits per heavy atom. The highest BCUT2D eigenvalue weighted by Crippen LogP contribution is 2.41. The van der Waals surface area contributed by atoms with E-state index in [2.05, 4.69) is 11.8 Å². The molecule has 0 aromatic rings. The Balaban J connectivity index is 1.62. The third-order valence-electron chi connectivity index (χ3n) is 6.45. The summed E-state index contributed by atoms with van der Waals surface area (Å²) in [5, 5.41) is 0. The number of nitrogens with two attached hydrogens (primary N) is 1. The molecule has 19 heavy (non-hydrogen) atoms. The Hall–Kier alpha value is -0.0800. The van der Waals surface area contributed by atoms with Crippen LogP contribution in [0.4, 0.5) is 0 Å². The summed E-state index contributed by atoms with van der Waals surface area (Å²) in [4.78, 5) is 2.78. The maximum absolute atomic E-state index is 6.19. The maximum atomic E-state index is 6.19. The molecule has 0 bridgehead atoms. The van der Waals surface area contributed by atoms with Crippen molar-refractivity contribution >= 4 is 0 Å². The molecule has 3 rings (SSSR count). The first kappa shape index (κ1) is 13.9. The molecule has 0 spiro atoms. The van der Waals surface area contributed by atoms with Crippen LogP contribution in [-0.4, -0.2) is 30.1 Å². The molecule has 0 aromatic carbocycles. The summed E-state index contributed by atoms with van der Waals surface area (Å²) in [5.74, 6) is 2.99. The van der Waals surface area contributed by atoms with Crippen molar-refractivity contribution in [3.05, 3.63) is 0 Å². The van der Waals surface area contributed by atoms with Crippen LogP contribution in [0.3, 0.4) is 0 Å². The summed E-state index contributed by atoms with van der Waals surface area (Å²) in [6, 6.07) is 0. The van der Waals surface area contributed by atoms with Crippen LogP contribution in [0.15, 0.2) is 0 Å². The van der Waals surface area contributed by atoms with Gasteiger partial charge in [-0.1, -0.05) is 38.5 Å². The van der Waals surface area contributed by atoms with Gasteiger partial charge in [0.1, 0.15) is 0 Å². The van der Waals surface area contributed by atoms with Crippen molar-refractivity contribution < 1.29 is 0 Å². The molecule has 3 atom stereocenters. The largest absolute Gasteiger partial charge is 0.329 e. The van der Waals surface area contributed by atoms with Crippen molar-refractivity contribution in [2.24, 2.45) is 23.5 Å². The highest BCUT2D eigenvalue weighted by Gasteiger charge is 2.40. The van der Waals surface area contributed by atoms with Gasteiger partial charge < -0.3 is 5.73 Å². The van der Waals surface area contributed by atoms with Crippen molar-refractivity contribution in [1.82, 2.24) is 4.90 Å². The molecule has 1 saturated heterocycles. The van der Waals surface area contributed by atoms with Gasteiger partial charge in [-0.25, -0.2) is 0 Å². The fourth-order valence-electron chi connectivity index (χ4n) is 4.75. The number of rotatable bonds is 4. The van der Waals surface area contributed by atoms with Crippen molar-refractivity contribution in [2.45, 2.75) is 70.3 Å². The SMILES string of the molecule is CC(CN)(CC1CCC1)N1CCC2CCCCC2C1. The Kier molecular flexibility index (Phi) is 4.19. The summed E-state index contributed by atoms with van der Waals surface area (Å²) in [6.45, 7) is 5.93. The van der Waals surface area contributed by atoms with Gasteiger partial charge in [-0.2, -0.15) is 0 Å². The van der Waals surface area contributed by atoms with Crippen LogP contribution in [0.2, 0.25) is 0 Å². The molecule has 0 radical (unpaired) electrons. The second kappa shape index (κ2) is 5.73. The number of nitrogens with zero attached hydrogens (tertiary/aromatic N) is 1. The fraction of sp³-hybridized carbons (Fsp3) is 1.00. The van der Waals surface area contributed by atoms with Crippen molar-refractivity contribution in [3.8, 4) is 0 Å². The Morgan fingerprint density at radius 3 is 2.37 bits per heavy atom. The van der Waals surface area contributed by atoms with Gasteiger partial charge in [0.2, 0.25) is 0 Å². The average Bonchev–Trinajstić information content (AvgIpc) is 2.42. The van der Waals surface area contributed by atoms with Gasteiger partial charge in [-0.15, -0.1) is 0 Å². The van der Waals surface area contributed by atoms with Gasteiger partial charge >= 0.3 is 0 Å². The van der Waals surface area contributed by atoms with Gasteiger partial charge in [0.15, 0.2) is 0 Å². The molecule has 2 aliphatic carbocycles. The topological polar surface area (TPSA) is 29.3 Å². The predicted molar refractivity (Wildman–Crippen MR) is 81.1 cm³/mol. The average molecular weight is 264 g/mol. The Bertz CT molecular complexity index is 300. The summed E-state index contributed by atoms with van der Waals surface area (Å²) in [7, 11) is 0. The summed E-state index contributed by atoms with van der Waals surface area (Å²) < 4.78 is 0. The molecular formula is C17H32N2. The molecule has 2 nitrogen and oxygen atoms in total. The highest BCUT2D eigenvalue weighted by atomic mass is 15.2. The second-order valence-electron chi connectivity index (χ2n) is 7.74. The van der Waals surface area contributed by atoms with Gasteiger partial charge in [-0.05, 0) is 50.5 Å². The van der Waals surface area contributed by atoms with E-state index in [0.29, 0.717) is 0 Å². The predicted octanol–water partition coefficient (Wildman–Crippen LogP) is 3.41. The lowest BCUT2D eigenvalue weighted by Crippen LogP contribution is -2.57. The minimum Gasteiger partial charge on any atom is -0.329 e. The quantitative estimate of drug-likeness (QED) is 0.843. The summed E-state index contributed by atoms with van der Waals surface area (Å²) in [6.07, 6.45) is 13.1. The fourth-order valence-corrected chi connectivity index (χ4v) is 4.75. The number of fused-ring (bicyclic) bond motifs is 1. The van der Waals surface area contributed by atoms with Crippen LogP contribution in [0.25, 0.3) is 0 Å². The van der Waals surface area contributed by atoms with E-state index in [1.54, 1.807) is 0 Å². The molecule has 0 amide bonds. The van der Waals surface area contributed by atoms with Crippen molar-refractivity contribution in [1.29, 1.82) is 0 Å². The number of piperidine rings is 1. The lowest BCUT2D eigenvalue weighted by molar-refractivity contribution is -0.00215. The van der Waals surface area contributed by atoms with Gasteiger partial charge in [-0.3, -0.25) is 4.90 Å².